The maximum atomic E-state index is 12.6. The molecule has 0 saturated carbocycles. The van der Waals surface area contributed by atoms with Crippen molar-refractivity contribution in [3.8, 4) is 0 Å². The fraction of sp³-hybridized carbons (Fsp3) is 0.909. The number of carboxylic acid groups (broad SMARTS) is 1. The van der Waals surface area contributed by atoms with Crippen molar-refractivity contribution < 1.29 is 79.9 Å². The first kappa shape index (κ1) is 30.7. The van der Waals surface area contributed by atoms with Gasteiger partial charge in [0.1, 0.15) is 0 Å². The highest BCUT2D eigenvalue weighted by atomic mass is 32.2. The van der Waals surface area contributed by atoms with Crippen LogP contribution in [0.3, 0.4) is 0 Å². The van der Waals surface area contributed by atoms with E-state index >= 15 is 0 Å². The van der Waals surface area contributed by atoms with E-state index in [4.69, 9.17) is 9.66 Å². The molecule has 0 heterocycles. The SMILES string of the molecule is CCCCS(=O)(=O)O.O=C(O)C(F)(F)C(F)(F)C(F)(F)C(F)(F)C(F)(F)C(F)(F)F. The summed E-state index contributed by atoms with van der Waals surface area (Å²) in [7, 11) is -3.69. The van der Waals surface area contributed by atoms with Crippen molar-refractivity contribution in [3.05, 3.63) is 0 Å². The van der Waals surface area contributed by atoms with E-state index in [9.17, 15) is 70.3 Å². The second-order valence-electron chi connectivity index (χ2n) is 5.31. The third-order valence-electron chi connectivity index (χ3n) is 2.96. The van der Waals surface area contributed by atoms with Crippen LogP contribution in [0.15, 0.2) is 0 Å². The molecule has 0 radical (unpaired) electrons. The van der Waals surface area contributed by atoms with Crippen molar-refractivity contribution in [2.24, 2.45) is 0 Å². The summed E-state index contributed by atoms with van der Waals surface area (Å²) in [5.41, 5.74) is 0. The zero-order chi connectivity index (χ0) is 25.2. The molecule has 182 valence electrons. The average molecular weight is 502 g/mol. The Bertz CT molecular complexity index is 699. The maximum Gasteiger partial charge on any atom is 0.460 e. The minimum absolute atomic E-state index is 0.108. The van der Waals surface area contributed by atoms with Gasteiger partial charge in [0.2, 0.25) is 0 Å². The summed E-state index contributed by atoms with van der Waals surface area (Å²) in [5, 5.41) is 7.55. The lowest BCUT2D eigenvalue weighted by Crippen LogP contribution is -2.71. The summed E-state index contributed by atoms with van der Waals surface area (Å²) >= 11 is 0. The highest BCUT2D eigenvalue weighted by molar-refractivity contribution is 7.85. The van der Waals surface area contributed by atoms with Crippen LogP contribution in [0.5, 0.6) is 0 Å². The van der Waals surface area contributed by atoms with E-state index in [-0.39, 0.29) is 5.75 Å². The predicted molar refractivity (Wildman–Crippen MR) is 69.7 cm³/mol. The molecule has 0 rings (SSSR count). The lowest BCUT2D eigenvalue weighted by atomic mass is 9.94. The van der Waals surface area contributed by atoms with Gasteiger partial charge in [0, 0.05) is 0 Å². The number of hydrogen-bond acceptors (Lipinski definition) is 3. The van der Waals surface area contributed by atoms with Gasteiger partial charge in [0.05, 0.1) is 5.75 Å². The molecule has 0 atom stereocenters. The molecule has 0 aromatic carbocycles. The second-order valence-corrected chi connectivity index (χ2v) is 6.89. The number of aliphatic carboxylic acids is 1. The van der Waals surface area contributed by atoms with Crippen LogP contribution in [0.25, 0.3) is 0 Å². The monoisotopic (exact) mass is 502 g/mol. The summed E-state index contributed by atoms with van der Waals surface area (Å²) in [6.07, 6.45) is -6.19. The Morgan fingerprint density at radius 2 is 1.07 bits per heavy atom. The minimum Gasteiger partial charge on any atom is -0.477 e. The Balaban J connectivity index is 0. The van der Waals surface area contributed by atoms with Gasteiger partial charge in [0.15, 0.2) is 0 Å². The van der Waals surface area contributed by atoms with Crippen LogP contribution in [0, 0.1) is 0 Å². The summed E-state index contributed by atoms with van der Waals surface area (Å²) in [4.78, 5) is 9.67. The fourth-order valence-electron chi connectivity index (χ4n) is 1.23. The highest BCUT2D eigenvalue weighted by Crippen LogP contribution is 2.60. The summed E-state index contributed by atoms with van der Waals surface area (Å²) in [6, 6.07) is 0. The molecule has 2 N–H and O–H groups in total. The van der Waals surface area contributed by atoms with Gasteiger partial charge in [-0.05, 0) is 6.42 Å². The molecule has 19 heteroatoms. The molecule has 0 spiro atoms. The molecule has 0 fully saturated rings. The van der Waals surface area contributed by atoms with E-state index in [1.807, 2.05) is 6.92 Å². The molecule has 0 aromatic rings. The van der Waals surface area contributed by atoms with Crippen LogP contribution in [0.2, 0.25) is 0 Å². The Labute approximate surface area is 158 Å². The lowest BCUT2D eigenvalue weighted by Gasteiger charge is -2.38. The first-order chi connectivity index (χ1) is 12.8. The molecular weight excluding hydrogens is 491 g/mol. The average Bonchev–Trinajstić information content (AvgIpc) is 2.50. The number of hydrogen-bond donors (Lipinski definition) is 2. The van der Waals surface area contributed by atoms with Crippen molar-refractivity contribution in [1.29, 1.82) is 0 Å². The number of carbonyl (C=O) groups is 1. The smallest absolute Gasteiger partial charge is 0.460 e. The number of halogens is 13. The Morgan fingerprint density at radius 3 is 1.27 bits per heavy atom. The number of unbranched alkanes of at least 4 members (excludes halogenated alkanes) is 1. The fourth-order valence-corrected chi connectivity index (χ4v) is 1.88. The van der Waals surface area contributed by atoms with Crippen LogP contribution in [-0.4, -0.2) is 65.6 Å². The van der Waals surface area contributed by atoms with E-state index in [0.717, 1.165) is 6.42 Å². The van der Waals surface area contributed by atoms with Crippen LogP contribution >= 0.6 is 0 Å². The van der Waals surface area contributed by atoms with Crippen molar-refractivity contribution in [2.45, 2.75) is 55.6 Å². The van der Waals surface area contributed by atoms with Gasteiger partial charge in [0.25, 0.3) is 10.1 Å². The van der Waals surface area contributed by atoms with Gasteiger partial charge < -0.3 is 5.11 Å². The summed E-state index contributed by atoms with van der Waals surface area (Å²) in [6.45, 7) is 1.87. The molecule has 0 aliphatic carbocycles. The first-order valence-electron chi connectivity index (χ1n) is 6.90. The molecule has 0 unspecified atom stereocenters. The van der Waals surface area contributed by atoms with Crippen molar-refractivity contribution in [2.75, 3.05) is 5.75 Å². The third kappa shape index (κ3) is 5.79. The Kier molecular flexibility index (Phi) is 9.11. The van der Waals surface area contributed by atoms with E-state index in [0.29, 0.717) is 6.42 Å². The zero-order valence-corrected chi connectivity index (χ0v) is 14.9. The first-order valence-corrected chi connectivity index (χ1v) is 8.51. The number of rotatable bonds is 8. The van der Waals surface area contributed by atoms with E-state index < -0.39 is 51.9 Å². The van der Waals surface area contributed by atoms with Crippen LogP contribution in [0.1, 0.15) is 19.8 Å². The molecule has 5 nitrogen and oxygen atoms in total. The third-order valence-corrected chi connectivity index (χ3v) is 3.76. The molecule has 0 saturated heterocycles. The summed E-state index contributed by atoms with van der Waals surface area (Å²) < 4.78 is 187. The number of alkyl halides is 13. The van der Waals surface area contributed by atoms with Gasteiger partial charge in [-0.15, -0.1) is 0 Å². The zero-order valence-electron chi connectivity index (χ0n) is 14.1. The van der Waals surface area contributed by atoms with E-state index in [1.165, 1.54) is 0 Å². The molecule has 0 aliphatic heterocycles. The van der Waals surface area contributed by atoms with E-state index in [2.05, 4.69) is 0 Å². The largest absolute Gasteiger partial charge is 0.477 e. The van der Waals surface area contributed by atoms with Crippen molar-refractivity contribution >= 4 is 16.1 Å². The van der Waals surface area contributed by atoms with Crippen LogP contribution in [-0.2, 0) is 14.9 Å². The van der Waals surface area contributed by atoms with E-state index in [1.54, 1.807) is 0 Å². The summed E-state index contributed by atoms with van der Waals surface area (Å²) in [5.74, 6) is -43.1. The van der Waals surface area contributed by atoms with Crippen molar-refractivity contribution in [1.82, 2.24) is 0 Å². The normalized spacial score (nSPS) is 14.8. The second kappa shape index (κ2) is 8.91. The van der Waals surface area contributed by atoms with Gasteiger partial charge in [-0.1, -0.05) is 13.3 Å². The quantitative estimate of drug-likeness (QED) is 0.377. The minimum atomic E-state index is -8.08. The standard InChI is InChI=1S/C7HF13O2.C4H10O3S/c8-2(9,1(21)22)3(10,11)4(12,13)5(14,15)6(16,17)7(18,19)20;1-2-3-4-8(5,6)7/h(H,21,22);2-4H2,1H3,(H,5,6,7). The number of carboxylic acids is 1. The van der Waals surface area contributed by atoms with Gasteiger partial charge in [-0.25, -0.2) is 4.79 Å². The van der Waals surface area contributed by atoms with Gasteiger partial charge in [-0.2, -0.15) is 65.5 Å². The molecule has 0 bridgehead atoms. The topological polar surface area (TPSA) is 91.7 Å². The molecule has 0 aliphatic rings. The van der Waals surface area contributed by atoms with Crippen molar-refractivity contribution in [3.63, 3.8) is 0 Å². The maximum absolute atomic E-state index is 12.6. The molecular formula is C11H11F13O5S. The lowest BCUT2D eigenvalue weighted by molar-refractivity contribution is -0.436. The molecule has 30 heavy (non-hydrogen) atoms. The van der Waals surface area contributed by atoms with Crippen LogP contribution < -0.4 is 0 Å². The highest BCUT2D eigenvalue weighted by Gasteiger charge is 2.91. The van der Waals surface area contributed by atoms with Crippen LogP contribution in [0.4, 0.5) is 57.1 Å². The molecule has 0 aromatic heterocycles. The Morgan fingerprint density at radius 1 is 0.733 bits per heavy atom. The van der Waals surface area contributed by atoms with Gasteiger partial charge >= 0.3 is 41.8 Å². The molecule has 0 amide bonds. The van der Waals surface area contributed by atoms with Gasteiger partial charge in [-0.3, -0.25) is 4.55 Å². The Hall–Kier alpha value is -1.53. The predicted octanol–water partition coefficient (Wildman–Crippen LogP) is 4.48.